The smallest absolute Gasteiger partial charge is 0.240 e. The van der Waals surface area contributed by atoms with Gasteiger partial charge in [0, 0.05) is 18.6 Å². The number of benzene rings is 1. The van der Waals surface area contributed by atoms with Gasteiger partial charge >= 0.3 is 0 Å². The van der Waals surface area contributed by atoms with Gasteiger partial charge in [-0.3, -0.25) is 4.90 Å². The lowest BCUT2D eigenvalue weighted by atomic mass is 10.1. The Morgan fingerprint density at radius 2 is 2.10 bits per heavy atom. The van der Waals surface area contributed by atoms with E-state index >= 15 is 0 Å². The van der Waals surface area contributed by atoms with Crippen molar-refractivity contribution in [1.29, 1.82) is 0 Å². The molecule has 21 heavy (non-hydrogen) atoms. The molecule has 0 heterocycles. The van der Waals surface area contributed by atoms with Crippen molar-refractivity contribution < 1.29 is 13.5 Å². The fourth-order valence-electron chi connectivity index (χ4n) is 2.42. The van der Waals surface area contributed by atoms with Crippen molar-refractivity contribution in [3.8, 4) is 0 Å². The molecule has 0 bridgehead atoms. The van der Waals surface area contributed by atoms with Crippen LogP contribution in [0.4, 0.5) is 0 Å². The third-order valence-electron chi connectivity index (χ3n) is 4.24. The molecule has 0 spiro atoms. The summed E-state index contributed by atoms with van der Waals surface area (Å²) < 4.78 is 27.5. The van der Waals surface area contributed by atoms with E-state index in [1.807, 2.05) is 14.0 Å². The van der Waals surface area contributed by atoms with Gasteiger partial charge in [0.2, 0.25) is 10.0 Å². The molecule has 1 aliphatic carbocycles. The van der Waals surface area contributed by atoms with Gasteiger partial charge in [0.15, 0.2) is 0 Å². The summed E-state index contributed by atoms with van der Waals surface area (Å²) in [7, 11) is -1.51. The van der Waals surface area contributed by atoms with E-state index in [4.69, 9.17) is 0 Å². The van der Waals surface area contributed by atoms with Crippen LogP contribution >= 0.6 is 0 Å². The Hall–Kier alpha value is -0.950. The molecule has 2 rings (SSSR count). The molecule has 1 saturated carbocycles. The van der Waals surface area contributed by atoms with Crippen LogP contribution in [0, 0.1) is 6.92 Å². The predicted octanol–water partition coefficient (Wildman–Crippen LogP) is 1.25. The maximum Gasteiger partial charge on any atom is 0.240 e. The fraction of sp³-hybridized carbons (Fsp3) is 0.600. The molecule has 0 aliphatic heterocycles. The number of hydrogen-bond donors (Lipinski definition) is 2. The Morgan fingerprint density at radius 3 is 2.67 bits per heavy atom. The molecule has 6 heteroatoms. The molecule has 0 saturated heterocycles. The topological polar surface area (TPSA) is 69.6 Å². The second-order valence-corrected chi connectivity index (χ2v) is 7.53. The van der Waals surface area contributed by atoms with Gasteiger partial charge in [-0.1, -0.05) is 12.1 Å². The van der Waals surface area contributed by atoms with Gasteiger partial charge in [-0.05, 0) is 50.9 Å². The van der Waals surface area contributed by atoms with Crippen LogP contribution in [-0.4, -0.2) is 44.1 Å². The molecule has 5 nitrogen and oxygen atoms in total. The lowest BCUT2D eigenvalue weighted by Crippen LogP contribution is -2.41. The number of nitrogens with zero attached hydrogens (tertiary/aromatic N) is 1. The first-order chi connectivity index (χ1) is 9.86. The van der Waals surface area contributed by atoms with Crippen LogP contribution in [-0.2, 0) is 16.6 Å². The standard InChI is InChI=1S/C15H24N2O3S/c1-11(17(3)14-7-8-14)9-16-21(19,20)15-6-4-5-13(10-18)12(15)2/h4-6,11,14,16,18H,7-10H2,1-3H3. The molecule has 1 aromatic rings. The zero-order valence-electron chi connectivity index (χ0n) is 12.8. The van der Waals surface area contributed by atoms with Crippen molar-refractivity contribution in [3.05, 3.63) is 29.3 Å². The van der Waals surface area contributed by atoms with E-state index in [2.05, 4.69) is 9.62 Å². The van der Waals surface area contributed by atoms with Crippen LogP contribution in [0.1, 0.15) is 30.9 Å². The number of aliphatic hydroxyl groups is 1. The van der Waals surface area contributed by atoms with E-state index in [0.717, 1.165) is 0 Å². The molecular weight excluding hydrogens is 288 g/mol. The molecule has 0 aromatic heterocycles. The van der Waals surface area contributed by atoms with E-state index in [-0.39, 0.29) is 17.5 Å². The first-order valence-corrected chi connectivity index (χ1v) is 8.76. The summed E-state index contributed by atoms with van der Waals surface area (Å²) in [6, 6.07) is 5.73. The van der Waals surface area contributed by atoms with Gasteiger partial charge in [0.05, 0.1) is 11.5 Å². The monoisotopic (exact) mass is 312 g/mol. The van der Waals surface area contributed by atoms with Crippen molar-refractivity contribution in [1.82, 2.24) is 9.62 Å². The van der Waals surface area contributed by atoms with E-state index in [0.29, 0.717) is 23.7 Å². The number of rotatable bonds is 7. The number of sulfonamides is 1. The SMILES string of the molecule is Cc1c(CO)cccc1S(=O)(=O)NCC(C)N(C)C1CC1. The van der Waals surface area contributed by atoms with Crippen LogP contribution in [0.3, 0.4) is 0 Å². The summed E-state index contributed by atoms with van der Waals surface area (Å²) in [6.07, 6.45) is 2.40. The summed E-state index contributed by atoms with van der Waals surface area (Å²) >= 11 is 0. The minimum absolute atomic E-state index is 0.157. The lowest BCUT2D eigenvalue weighted by Gasteiger charge is -2.24. The minimum atomic E-state index is -3.55. The minimum Gasteiger partial charge on any atom is -0.392 e. The normalized spacial score (nSPS) is 17.2. The van der Waals surface area contributed by atoms with Crippen LogP contribution in [0.5, 0.6) is 0 Å². The van der Waals surface area contributed by atoms with Gasteiger partial charge in [-0.25, -0.2) is 13.1 Å². The largest absolute Gasteiger partial charge is 0.392 e. The maximum absolute atomic E-state index is 12.4. The van der Waals surface area contributed by atoms with Gasteiger partial charge in [-0.2, -0.15) is 0 Å². The first-order valence-electron chi connectivity index (χ1n) is 7.27. The number of nitrogens with one attached hydrogen (secondary N) is 1. The number of hydrogen-bond acceptors (Lipinski definition) is 4. The van der Waals surface area contributed by atoms with Crippen LogP contribution in [0.15, 0.2) is 23.1 Å². The zero-order chi connectivity index (χ0) is 15.6. The van der Waals surface area contributed by atoms with Crippen LogP contribution < -0.4 is 4.72 Å². The summed E-state index contributed by atoms with van der Waals surface area (Å²) in [5, 5.41) is 9.25. The van der Waals surface area contributed by atoms with Gasteiger partial charge in [-0.15, -0.1) is 0 Å². The molecule has 1 unspecified atom stereocenters. The van der Waals surface area contributed by atoms with Gasteiger partial charge in [0.25, 0.3) is 0 Å². The van der Waals surface area contributed by atoms with Crippen molar-refractivity contribution in [2.75, 3.05) is 13.6 Å². The highest BCUT2D eigenvalue weighted by molar-refractivity contribution is 7.89. The summed E-state index contributed by atoms with van der Waals surface area (Å²) in [5.41, 5.74) is 1.25. The number of aliphatic hydroxyl groups excluding tert-OH is 1. The Balaban J connectivity index is 2.08. The Labute approximate surface area is 127 Å². The van der Waals surface area contributed by atoms with Crippen LogP contribution in [0.25, 0.3) is 0 Å². The third kappa shape index (κ3) is 3.83. The molecule has 118 valence electrons. The summed E-state index contributed by atoms with van der Waals surface area (Å²) in [5.74, 6) is 0. The lowest BCUT2D eigenvalue weighted by molar-refractivity contribution is 0.248. The molecule has 0 amide bonds. The molecule has 1 fully saturated rings. The van der Waals surface area contributed by atoms with E-state index in [1.54, 1.807) is 25.1 Å². The third-order valence-corrected chi connectivity index (χ3v) is 5.81. The van der Waals surface area contributed by atoms with Crippen molar-refractivity contribution in [2.24, 2.45) is 0 Å². The quantitative estimate of drug-likeness (QED) is 0.795. The molecule has 1 aromatic carbocycles. The van der Waals surface area contributed by atoms with E-state index < -0.39 is 10.0 Å². The van der Waals surface area contributed by atoms with Crippen LogP contribution in [0.2, 0.25) is 0 Å². The number of likely N-dealkylation sites (N-methyl/N-ethyl adjacent to an activating group) is 1. The molecule has 1 atom stereocenters. The van der Waals surface area contributed by atoms with Crippen molar-refractivity contribution in [3.63, 3.8) is 0 Å². The van der Waals surface area contributed by atoms with Crippen molar-refractivity contribution >= 4 is 10.0 Å². The molecule has 1 aliphatic rings. The Kier molecular flexibility index (Phi) is 5.03. The van der Waals surface area contributed by atoms with E-state index in [1.165, 1.54) is 12.8 Å². The molecule has 2 N–H and O–H groups in total. The fourth-order valence-corrected chi connectivity index (χ4v) is 3.82. The second kappa shape index (κ2) is 6.44. The molecular formula is C15H24N2O3S. The average molecular weight is 312 g/mol. The second-order valence-electron chi connectivity index (χ2n) is 5.80. The van der Waals surface area contributed by atoms with Gasteiger partial charge < -0.3 is 5.11 Å². The predicted molar refractivity (Wildman–Crippen MR) is 82.5 cm³/mol. The first kappa shape index (κ1) is 16.4. The highest BCUT2D eigenvalue weighted by Crippen LogP contribution is 2.27. The van der Waals surface area contributed by atoms with Crippen molar-refractivity contribution in [2.45, 2.75) is 50.3 Å². The maximum atomic E-state index is 12.4. The average Bonchev–Trinajstić information content (AvgIpc) is 3.28. The Morgan fingerprint density at radius 1 is 1.43 bits per heavy atom. The molecule has 0 radical (unpaired) electrons. The van der Waals surface area contributed by atoms with Gasteiger partial charge in [0.1, 0.15) is 0 Å². The highest BCUT2D eigenvalue weighted by Gasteiger charge is 2.29. The van der Waals surface area contributed by atoms with E-state index in [9.17, 15) is 13.5 Å². The summed E-state index contributed by atoms with van der Waals surface area (Å²) in [6.45, 7) is 3.98. The zero-order valence-corrected chi connectivity index (χ0v) is 13.7. The summed E-state index contributed by atoms with van der Waals surface area (Å²) in [4.78, 5) is 2.47. The highest BCUT2D eigenvalue weighted by atomic mass is 32.2. The Bertz CT molecular complexity index is 597.